The van der Waals surface area contributed by atoms with Crippen LogP contribution in [0.3, 0.4) is 0 Å². The van der Waals surface area contributed by atoms with Crippen molar-refractivity contribution in [1.29, 1.82) is 0 Å². The van der Waals surface area contributed by atoms with Crippen molar-refractivity contribution < 1.29 is 22.4 Å². The van der Waals surface area contributed by atoms with Crippen LogP contribution >= 0.6 is 0 Å². The molecule has 1 N–H and O–H groups in total. The highest BCUT2D eigenvalue weighted by Crippen LogP contribution is 2.29. The number of alkyl halides is 3. The van der Waals surface area contributed by atoms with E-state index < -0.39 is 11.7 Å². The van der Waals surface area contributed by atoms with Crippen LogP contribution in [0.25, 0.3) is 0 Å². The molecule has 0 spiro atoms. The molecule has 1 saturated heterocycles. The fourth-order valence-electron chi connectivity index (χ4n) is 3.90. The molecule has 0 aromatic carbocycles. The summed E-state index contributed by atoms with van der Waals surface area (Å²) in [4.78, 5) is 22.7. The Balaban J connectivity index is 1.47. The number of amides is 1. The van der Waals surface area contributed by atoms with E-state index in [2.05, 4.69) is 29.0 Å². The zero-order valence-electron chi connectivity index (χ0n) is 18.4. The number of nitrogens with one attached hydrogen (secondary N) is 1. The van der Waals surface area contributed by atoms with Crippen molar-refractivity contribution in [2.24, 2.45) is 0 Å². The van der Waals surface area contributed by atoms with Crippen molar-refractivity contribution in [3.8, 4) is 0 Å². The predicted octanol–water partition coefficient (Wildman–Crippen LogP) is 3.01. The highest BCUT2D eigenvalue weighted by Gasteiger charge is 2.31. The third kappa shape index (κ3) is 6.23. The van der Waals surface area contributed by atoms with E-state index in [-0.39, 0.29) is 18.5 Å². The number of carbonyl (C=O) groups is 1. The van der Waals surface area contributed by atoms with E-state index in [1.54, 1.807) is 6.26 Å². The minimum Gasteiger partial charge on any atom is -0.468 e. The van der Waals surface area contributed by atoms with Crippen LogP contribution in [0.4, 0.5) is 19.0 Å². The van der Waals surface area contributed by atoms with E-state index in [4.69, 9.17) is 4.42 Å². The fourth-order valence-corrected chi connectivity index (χ4v) is 3.90. The number of rotatable bonds is 9. The Hall–Kier alpha value is -2.59. The molecule has 0 radical (unpaired) electrons. The van der Waals surface area contributed by atoms with Gasteiger partial charge in [0.2, 0.25) is 5.91 Å². The molecule has 1 amide bonds. The summed E-state index contributed by atoms with van der Waals surface area (Å²) in [5.41, 5.74) is -0.755. The standard InChI is InChI=1S/C22H30F3N5O2/c1-3-29(4-2)18(19-6-5-13-32-19)15-27-21(31)16-28-9-11-30(12-10-28)20-8-7-17(14-26-20)22(23,24)25/h5-8,13-14,18H,3-4,9-12,15-16H2,1-2H3,(H,27,31). The van der Waals surface area contributed by atoms with Gasteiger partial charge >= 0.3 is 6.18 Å². The van der Waals surface area contributed by atoms with Gasteiger partial charge in [0.15, 0.2) is 0 Å². The van der Waals surface area contributed by atoms with Crippen molar-refractivity contribution in [1.82, 2.24) is 20.1 Å². The monoisotopic (exact) mass is 453 g/mol. The Morgan fingerprint density at radius 1 is 1.19 bits per heavy atom. The molecular formula is C22H30F3N5O2. The molecule has 2 aromatic rings. The van der Waals surface area contributed by atoms with Gasteiger partial charge in [0.1, 0.15) is 11.6 Å². The van der Waals surface area contributed by atoms with E-state index >= 15 is 0 Å². The van der Waals surface area contributed by atoms with Gasteiger partial charge in [-0.2, -0.15) is 13.2 Å². The number of aromatic nitrogens is 1. The van der Waals surface area contributed by atoms with Crippen molar-refractivity contribution in [2.75, 3.05) is 57.3 Å². The molecule has 3 rings (SSSR count). The molecule has 2 aromatic heterocycles. The molecule has 1 unspecified atom stereocenters. The first kappa shape index (κ1) is 24.1. The molecule has 1 atom stereocenters. The summed E-state index contributed by atoms with van der Waals surface area (Å²) in [6, 6.07) is 6.19. The highest BCUT2D eigenvalue weighted by atomic mass is 19.4. The van der Waals surface area contributed by atoms with Crippen LogP contribution in [0.5, 0.6) is 0 Å². The normalized spacial score (nSPS) is 16.4. The number of nitrogens with zero attached hydrogens (tertiary/aromatic N) is 4. The number of likely N-dealkylation sites (N-methyl/N-ethyl adjacent to an activating group) is 1. The summed E-state index contributed by atoms with van der Waals surface area (Å²) >= 11 is 0. The summed E-state index contributed by atoms with van der Waals surface area (Å²) < 4.78 is 43.7. The number of piperazine rings is 1. The smallest absolute Gasteiger partial charge is 0.417 e. The van der Waals surface area contributed by atoms with Crippen LogP contribution in [-0.4, -0.2) is 73.0 Å². The van der Waals surface area contributed by atoms with Gasteiger partial charge in [0, 0.05) is 38.9 Å². The molecule has 1 fully saturated rings. The lowest BCUT2D eigenvalue weighted by Crippen LogP contribution is -2.50. The van der Waals surface area contributed by atoms with Crippen LogP contribution < -0.4 is 10.2 Å². The minimum absolute atomic E-state index is 0.0217. The van der Waals surface area contributed by atoms with E-state index in [0.29, 0.717) is 38.5 Å². The van der Waals surface area contributed by atoms with Gasteiger partial charge in [0.25, 0.3) is 0 Å². The molecule has 10 heteroatoms. The molecule has 3 heterocycles. The summed E-state index contributed by atoms with van der Waals surface area (Å²) in [6.07, 6.45) is -1.89. The summed E-state index contributed by atoms with van der Waals surface area (Å²) in [7, 11) is 0. The number of anilines is 1. The second kappa shape index (κ2) is 10.8. The lowest BCUT2D eigenvalue weighted by Gasteiger charge is -2.35. The first-order valence-electron chi connectivity index (χ1n) is 10.9. The van der Waals surface area contributed by atoms with Gasteiger partial charge in [0.05, 0.1) is 24.4 Å². The molecule has 176 valence electrons. The van der Waals surface area contributed by atoms with Crippen molar-refractivity contribution in [3.05, 3.63) is 48.0 Å². The van der Waals surface area contributed by atoms with E-state index in [1.807, 2.05) is 21.9 Å². The second-order valence-corrected chi connectivity index (χ2v) is 7.72. The molecule has 1 aliphatic rings. The Bertz CT molecular complexity index is 830. The maximum Gasteiger partial charge on any atom is 0.417 e. The van der Waals surface area contributed by atoms with Gasteiger partial charge in [-0.25, -0.2) is 4.98 Å². The zero-order chi connectivity index (χ0) is 23.1. The summed E-state index contributed by atoms with van der Waals surface area (Å²) in [6.45, 7) is 9.04. The Kier molecular flexibility index (Phi) is 8.14. The molecule has 0 saturated carbocycles. The number of carbonyl (C=O) groups excluding carboxylic acids is 1. The maximum atomic E-state index is 12.7. The average Bonchev–Trinajstić information content (AvgIpc) is 3.31. The largest absolute Gasteiger partial charge is 0.468 e. The Morgan fingerprint density at radius 3 is 2.44 bits per heavy atom. The van der Waals surface area contributed by atoms with Crippen LogP contribution in [0.2, 0.25) is 0 Å². The van der Waals surface area contributed by atoms with Crippen molar-refractivity contribution in [2.45, 2.75) is 26.1 Å². The topological polar surface area (TPSA) is 64.9 Å². The average molecular weight is 454 g/mol. The quantitative estimate of drug-likeness (QED) is 0.630. The third-order valence-electron chi connectivity index (χ3n) is 5.76. The van der Waals surface area contributed by atoms with E-state index in [0.717, 1.165) is 31.1 Å². The van der Waals surface area contributed by atoms with Crippen LogP contribution in [0.15, 0.2) is 41.1 Å². The van der Waals surface area contributed by atoms with Gasteiger partial charge in [-0.1, -0.05) is 13.8 Å². The van der Waals surface area contributed by atoms with Gasteiger partial charge < -0.3 is 14.6 Å². The first-order valence-corrected chi connectivity index (χ1v) is 10.9. The highest BCUT2D eigenvalue weighted by molar-refractivity contribution is 5.78. The number of hydrogen-bond donors (Lipinski definition) is 1. The first-order chi connectivity index (χ1) is 15.3. The number of halogens is 3. The summed E-state index contributed by atoms with van der Waals surface area (Å²) in [5.74, 6) is 1.28. The number of hydrogen-bond acceptors (Lipinski definition) is 6. The van der Waals surface area contributed by atoms with E-state index in [1.165, 1.54) is 6.07 Å². The van der Waals surface area contributed by atoms with Gasteiger partial charge in [-0.3, -0.25) is 14.6 Å². The van der Waals surface area contributed by atoms with Gasteiger partial charge in [-0.05, 0) is 37.4 Å². The van der Waals surface area contributed by atoms with Crippen LogP contribution in [-0.2, 0) is 11.0 Å². The fraction of sp³-hybridized carbons (Fsp3) is 0.545. The van der Waals surface area contributed by atoms with Crippen LogP contribution in [0, 0.1) is 0 Å². The molecule has 1 aliphatic heterocycles. The number of pyridine rings is 1. The maximum absolute atomic E-state index is 12.7. The SMILES string of the molecule is CCN(CC)C(CNC(=O)CN1CCN(c2ccc(C(F)(F)F)cn2)CC1)c1ccco1. The molecule has 32 heavy (non-hydrogen) atoms. The number of furan rings is 1. The molecule has 7 nitrogen and oxygen atoms in total. The Labute approximate surface area is 186 Å². The lowest BCUT2D eigenvalue weighted by atomic mass is 10.2. The second-order valence-electron chi connectivity index (χ2n) is 7.72. The van der Waals surface area contributed by atoms with E-state index in [9.17, 15) is 18.0 Å². The minimum atomic E-state index is -4.39. The van der Waals surface area contributed by atoms with Crippen molar-refractivity contribution in [3.63, 3.8) is 0 Å². The molecule has 0 aliphatic carbocycles. The van der Waals surface area contributed by atoms with Gasteiger partial charge in [-0.15, -0.1) is 0 Å². The predicted molar refractivity (Wildman–Crippen MR) is 115 cm³/mol. The zero-order valence-corrected chi connectivity index (χ0v) is 18.4. The van der Waals surface area contributed by atoms with Crippen LogP contribution in [0.1, 0.15) is 31.2 Å². The summed E-state index contributed by atoms with van der Waals surface area (Å²) in [5, 5.41) is 3.02. The van der Waals surface area contributed by atoms with Crippen molar-refractivity contribution >= 4 is 11.7 Å². The molecule has 0 bridgehead atoms. The third-order valence-corrected chi connectivity index (χ3v) is 5.76. The lowest BCUT2D eigenvalue weighted by molar-refractivity contribution is -0.137. The Morgan fingerprint density at radius 2 is 1.91 bits per heavy atom. The molecular weight excluding hydrogens is 423 g/mol.